The lowest BCUT2D eigenvalue weighted by Gasteiger charge is -2.35. The summed E-state index contributed by atoms with van der Waals surface area (Å²) in [5.41, 5.74) is 1.12. The average Bonchev–Trinajstić information content (AvgIpc) is 2.40. The Kier molecular flexibility index (Phi) is 4.41. The standard InChI is InChI=1S/C12H16BrN3O2/c1-2-18-12(17)16-7-5-15(6-8-16)11-3-4-14-9-10(11)13/h3-4,9H,2,5-8H2,1H3. The molecule has 0 aliphatic carbocycles. The second-order valence-corrected chi connectivity index (χ2v) is 4.85. The summed E-state index contributed by atoms with van der Waals surface area (Å²) in [6, 6.07) is 1.98. The van der Waals surface area contributed by atoms with Gasteiger partial charge in [-0.1, -0.05) is 0 Å². The van der Waals surface area contributed by atoms with Crippen LogP contribution in [0.15, 0.2) is 22.9 Å². The Hall–Kier alpha value is -1.30. The fourth-order valence-corrected chi connectivity index (χ4v) is 2.47. The maximum Gasteiger partial charge on any atom is 0.409 e. The predicted molar refractivity (Wildman–Crippen MR) is 72.7 cm³/mol. The van der Waals surface area contributed by atoms with Crippen LogP contribution in [0.3, 0.4) is 0 Å². The van der Waals surface area contributed by atoms with Crippen molar-refractivity contribution in [2.75, 3.05) is 37.7 Å². The molecule has 0 N–H and O–H groups in total. The van der Waals surface area contributed by atoms with Crippen molar-refractivity contribution in [3.05, 3.63) is 22.9 Å². The molecule has 1 aliphatic heterocycles. The summed E-state index contributed by atoms with van der Waals surface area (Å²) < 4.78 is 5.98. The summed E-state index contributed by atoms with van der Waals surface area (Å²) in [5, 5.41) is 0. The van der Waals surface area contributed by atoms with E-state index in [1.165, 1.54) is 0 Å². The molecule has 0 atom stereocenters. The van der Waals surface area contributed by atoms with Gasteiger partial charge in [-0.3, -0.25) is 4.98 Å². The van der Waals surface area contributed by atoms with Crippen LogP contribution in [0.5, 0.6) is 0 Å². The van der Waals surface area contributed by atoms with E-state index in [1.807, 2.05) is 13.0 Å². The number of ether oxygens (including phenoxy) is 1. The third-order valence-electron chi connectivity index (χ3n) is 2.90. The molecule has 1 amide bonds. The topological polar surface area (TPSA) is 45.7 Å². The minimum atomic E-state index is -0.217. The molecule has 2 rings (SSSR count). The van der Waals surface area contributed by atoms with E-state index in [1.54, 1.807) is 17.3 Å². The minimum absolute atomic E-state index is 0.217. The molecule has 0 spiro atoms. The number of halogens is 1. The van der Waals surface area contributed by atoms with Crippen molar-refractivity contribution >= 4 is 27.7 Å². The van der Waals surface area contributed by atoms with E-state index < -0.39 is 0 Å². The highest BCUT2D eigenvalue weighted by Crippen LogP contribution is 2.25. The summed E-state index contributed by atoms with van der Waals surface area (Å²) in [4.78, 5) is 19.6. The number of pyridine rings is 1. The molecule has 0 unspecified atom stereocenters. The maximum absolute atomic E-state index is 11.6. The van der Waals surface area contributed by atoms with E-state index in [2.05, 4.69) is 25.8 Å². The summed E-state index contributed by atoms with van der Waals surface area (Å²) in [6.45, 7) is 5.24. The Bertz CT molecular complexity index is 420. The molecule has 1 fully saturated rings. The number of hydrogen-bond donors (Lipinski definition) is 0. The van der Waals surface area contributed by atoms with Gasteiger partial charge in [-0.05, 0) is 28.9 Å². The number of rotatable bonds is 2. The van der Waals surface area contributed by atoms with Crippen LogP contribution >= 0.6 is 15.9 Å². The van der Waals surface area contributed by atoms with Gasteiger partial charge in [0.05, 0.1) is 16.8 Å². The molecule has 18 heavy (non-hydrogen) atoms. The van der Waals surface area contributed by atoms with Crippen LogP contribution in [-0.4, -0.2) is 48.8 Å². The maximum atomic E-state index is 11.6. The largest absolute Gasteiger partial charge is 0.450 e. The summed E-state index contributed by atoms with van der Waals surface area (Å²) in [7, 11) is 0. The van der Waals surface area contributed by atoms with Gasteiger partial charge in [0.25, 0.3) is 0 Å². The van der Waals surface area contributed by atoms with Crippen LogP contribution in [0.1, 0.15) is 6.92 Å². The lowest BCUT2D eigenvalue weighted by Crippen LogP contribution is -2.49. The van der Waals surface area contributed by atoms with Crippen LogP contribution in [0, 0.1) is 0 Å². The van der Waals surface area contributed by atoms with Crippen molar-refractivity contribution in [2.45, 2.75) is 6.92 Å². The predicted octanol–water partition coefficient (Wildman–Crippen LogP) is 2.12. The van der Waals surface area contributed by atoms with Crippen LogP contribution in [-0.2, 0) is 4.74 Å². The van der Waals surface area contributed by atoms with Crippen LogP contribution in [0.2, 0.25) is 0 Å². The molecule has 1 aromatic heterocycles. The van der Waals surface area contributed by atoms with Gasteiger partial charge in [-0.2, -0.15) is 0 Å². The molecule has 0 aromatic carbocycles. The van der Waals surface area contributed by atoms with Gasteiger partial charge in [-0.25, -0.2) is 4.79 Å². The van der Waals surface area contributed by atoms with Crippen molar-refractivity contribution in [3.63, 3.8) is 0 Å². The molecule has 5 nitrogen and oxygen atoms in total. The number of amides is 1. The Morgan fingerprint density at radius 2 is 2.17 bits per heavy atom. The fourth-order valence-electron chi connectivity index (χ4n) is 1.97. The number of nitrogens with zero attached hydrogens (tertiary/aromatic N) is 3. The van der Waals surface area contributed by atoms with Crippen molar-refractivity contribution in [1.29, 1.82) is 0 Å². The van der Waals surface area contributed by atoms with Crippen molar-refractivity contribution < 1.29 is 9.53 Å². The lowest BCUT2D eigenvalue weighted by atomic mass is 10.3. The molecule has 1 aromatic rings. The van der Waals surface area contributed by atoms with Gasteiger partial charge in [0.2, 0.25) is 0 Å². The molecular weight excluding hydrogens is 298 g/mol. The van der Waals surface area contributed by atoms with Gasteiger partial charge in [0.15, 0.2) is 0 Å². The first-order valence-corrected chi connectivity index (χ1v) is 6.78. The summed E-state index contributed by atoms with van der Waals surface area (Å²) >= 11 is 3.49. The zero-order valence-electron chi connectivity index (χ0n) is 10.3. The van der Waals surface area contributed by atoms with Gasteiger partial charge in [0, 0.05) is 38.6 Å². The molecule has 6 heteroatoms. The minimum Gasteiger partial charge on any atom is -0.450 e. The zero-order chi connectivity index (χ0) is 13.0. The Labute approximate surface area is 115 Å². The normalized spacial score (nSPS) is 15.7. The second kappa shape index (κ2) is 6.04. The molecule has 1 saturated heterocycles. The van der Waals surface area contributed by atoms with E-state index >= 15 is 0 Å². The van der Waals surface area contributed by atoms with E-state index in [-0.39, 0.29) is 6.09 Å². The Morgan fingerprint density at radius 1 is 1.44 bits per heavy atom. The van der Waals surface area contributed by atoms with Crippen molar-refractivity contribution in [2.24, 2.45) is 0 Å². The molecule has 0 radical (unpaired) electrons. The lowest BCUT2D eigenvalue weighted by molar-refractivity contribution is 0.105. The molecule has 0 bridgehead atoms. The first kappa shape index (κ1) is 13.1. The fraction of sp³-hybridized carbons (Fsp3) is 0.500. The molecule has 2 heterocycles. The SMILES string of the molecule is CCOC(=O)N1CCN(c2ccncc2Br)CC1. The van der Waals surface area contributed by atoms with Gasteiger partial charge < -0.3 is 14.5 Å². The highest BCUT2D eigenvalue weighted by atomic mass is 79.9. The van der Waals surface area contributed by atoms with E-state index in [9.17, 15) is 4.79 Å². The second-order valence-electron chi connectivity index (χ2n) is 4.00. The molecular formula is C12H16BrN3O2. The van der Waals surface area contributed by atoms with Gasteiger partial charge in [0.1, 0.15) is 0 Å². The molecule has 0 saturated carbocycles. The van der Waals surface area contributed by atoms with E-state index in [4.69, 9.17) is 4.74 Å². The number of carbonyl (C=O) groups excluding carboxylic acids is 1. The first-order chi connectivity index (χ1) is 8.72. The van der Waals surface area contributed by atoms with Crippen molar-refractivity contribution in [3.8, 4) is 0 Å². The highest BCUT2D eigenvalue weighted by Gasteiger charge is 2.22. The molecule has 1 aliphatic rings. The van der Waals surface area contributed by atoms with Crippen LogP contribution in [0.4, 0.5) is 10.5 Å². The van der Waals surface area contributed by atoms with E-state index in [0.717, 1.165) is 23.2 Å². The zero-order valence-corrected chi connectivity index (χ0v) is 11.9. The quantitative estimate of drug-likeness (QED) is 0.839. The third-order valence-corrected chi connectivity index (χ3v) is 3.51. The summed E-state index contributed by atoms with van der Waals surface area (Å²) in [5.74, 6) is 0. The van der Waals surface area contributed by atoms with Crippen LogP contribution in [0.25, 0.3) is 0 Å². The first-order valence-electron chi connectivity index (χ1n) is 5.98. The number of carbonyl (C=O) groups is 1. The number of piperazine rings is 1. The van der Waals surface area contributed by atoms with E-state index in [0.29, 0.717) is 19.7 Å². The van der Waals surface area contributed by atoms with Crippen molar-refractivity contribution in [1.82, 2.24) is 9.88 Å². The number of hydrogen-bond acceptors (Lipinski definition) is 4. The van der Waals surface area contributed by atoms with Gasteiger partial charge in [-0.15, -0.1) is 0 Å². The number of aromatic nitrogens is 1. The van der Waals surface area contributed by atoms with Crippen LogP contribution < -0.4 is 4.90 Å². The molecule has 98 valence electrons. The smallest absolute Gasteiger partial charge is 0.409 e. The Morgan fingerprint density at radius 3 is 2.78 bits per heavy atom. The summed E-state index contributed by atoms with van der Waals surface area (Å²) in [6.07, 6.45) is 3.34. The third kappa shape index (κ3) is 2.93. The monoisotopic (exact) mass is 313 g/mol. The number of anilines is 1. The Balaban J connectivity index is 1.95. The average molecular weight is 314 g/mol. The highest BCUT2D eigenvalue weighted by molar-refractivity contribution is 9.10. The van der Waals surface area contributed by atoms with Gasteiger partial charge >= 0.3 is 6.09 Å².